The van der Waals surface area contributed by atoms with Crippen molar-refractivity contribution in [1.82, 2.24) is 15.1 Å². The number of hydrogen-bond donors (Lipinski definition) is 2. The molecule has 4 nitrogen and oxygen atoms in total. The Kier molecular flexibility index (Phi) is 4.10. The second kappa shape index (κ2) is 4.97. The quantitative estimate of drug-likeness (QED) is 0.800. The largest absolute Gasteiger partial charge is 0.392 e. The maximum atomic E-state index is 9.69. The number of aliphatic hydroxyl groups excluding tert-OH is 1. The lowest BCUT2D eigenvalue weighted by Gasteiger charge is -2.33. The minimum Gasteiger partial charge on any atom is -0.392 e. The predicted octanol–water partition coefficient (Wildman–Crippen LogP) is 1.62. The van der Waals surface area contributed by atoms with E-state index in [0.717, 1.165) is 6.42 Å². The van der Waals surface area contributed by atoms with Crippen LogP contribution in [0.5, 0.6) is 0 Å². The number of aryl methyl sites for hydroxylation is 1. The van der Waals surface area contributed by atoms with Gasteiger partial charge in [0.1, 0.15) is 0 Å². The molecule has 0 radical (unpaired) electrons. The molecular weight excluding hydrogens is 202 g/mol. The highest BCUT2D eigenvalue weighted by atomic mass is 16.3. The van der Waals surface area contributed by atoms with Gasteiger partial charge in [-0.1, -0.05) is 6.92 Å². The van der Waals surface area contributed by atoms with Crippen LogP contribution in [0.25, 0.3) is 0 Å². The van der Waals surface area contributed by atoms with Crippen molar-refractivity contribution in [2.75, 3.05) is 0 Å². The summed E-state index contributed by atoms with van der Waals surface area (Å²) < 4.78 is 1.80. The highest BCUT2D eigenvalue weighted by molar-refractivity contribution is 5.11. The summed E-state index contributed by atoms with van der Waals surface area (Å²) in [7, 11) is 1.91. The first-order chi connectivity index (χ1) is 7.36. The molecule has 0 saturated carbocycles. The fraction of sp³-hybridized carbons (Fsp3) is 0.750. The van der Waals surface area contributed by atoms with Crippen LogP contribution in [0.3, 0.4) is 0 Å². The van der Waals surface area contributed by atoms with E-state index in [1.165, 1.54) is 5.56 Å². The topological polar surface area (TPSA) is 50.1 Å². The minimum absolute atomic E-state index is 0.235. The van der Waals surface area contributed by atoms with Crippen LogP contribution >= 0.6 is 0 Å². The van der Waals surface area contributed by atoms with Crippen molar-refractivity contribution >= 4 is 0 Å². The van der Waals surface area contributed by atoms with Crippen molar-refractivity contribution in [3.63, 3.8) is 0 Å². The molecule has 4 heteroatoms. The number of hydrogen-bond acceptors (Lipinski definition) is 3. The zero-order valence-corrected chi connectivity index (χ0v) is 10.9. The summed E-state index contributed by atoms with van der Waals surface area (Å²) in [6, 6.07) is 0.235. The van der Waals surface area contributed by atoms with E-state index in [1.807, 2.05) is 40.2 Å². The standard InChI is InChI=1S/C12H23N3O/c1-6-11(10-7-13-15(5)8-10)14-12(3,4)9(2)16/h7-9,11,14,16H,6H2,1-5H3. The van der Waals surface area contributed by atoms with Gasteiger partial charge >= 0.3 is 0 Å². The molecule has 2 unspecified atom stereocenters. The number of rotatable bonds is 5. The number of aliphatic hydroxyl groups is 1. The molecule has 0 bridgehead atoms. The Morgan fingerprint density at radius 3 is 2.56 bits per heavy atom. The van der Waals surface area contributed by atoms with Crippen LogP contribution in [0.2, 0.25) is 0 Å². The fourth-order valence-electron chi connectivity index (χ4n) is 1.61. The molecule has 0 aliphatic rings. The molecular formula is C12H23N3O. The van der Waals surface area contributed by atoms with Gasteiger partial charge in [-0.25, -0.2) is 0 Å². The van der Waals surface area contributed by atoms with E-state index in [4.69, 9.17) is 0 Å². The minimum atomic E-state index is -0.391. The second-order valence-corrected chi connectivity index (χ2v) is 4.95. The molecule has 16 heavy (non-hydrogen) atoms. The van der Waals surface area contributed by atoms with Crippen molar-refractivity contribution in [2.24, 2.45) is 7.05 Å². The third-order valence-electron chi connectivity index (χ3n) is 3.13. The van der Waals surface area contributed by atoms with Crippen LogP contribution < -0.4 is 5.32 Å². The van der Waals surface area contributed by atoms with E-state index in [-0.39, 0.29) is 11.6 Å². The number of nitrogens with one attached hydrogen (secondary N) is 1. The maximum Gasteiger partial charge on any atom is 0.0688 e. The van der Waals surface area contributed by atoms with Gasteiger partial charge in [0.15, 0.2) is 0 Å². The monoisotopic (exact) mass is 225 g/mol. The van der Waals surface area contributed by atoms with Gasteiger partial charge in [0, 0.05) is 30.4 Å². The first-order valence-electron chi connectivity index (χ1n) is 5.81. The smallest absolute Gasteiger partial charge is 0.0688 e. The first kappa shape index (κ1) is 13.2. The Balaban J connectivity index is 2.77. The normalized spacial score (nSPS) is 16.1. The lowest BCUT2D eigenvalue weighted by Crippen LogP contribution is -2.49. The van der Waals surface area contributed by atoms with Gasteiger partial charge in [-0.3, -0.25) is 4.68 Å². The summed E-state index contributed by atoms with van der Waals surface area (Å²) in [5.41, 5.74) is 0.870. The zero-order chi connectivity index (χ0) is 12.3. The van der Waals surface area contributed by atoms with Crippen molar-refractivity contribution in [3.8, 4) is 0 Å². The molecule has 0 saturated heterocycles. The van der Waals surface area contributed by atoms with E-state index in [9.17, 15) is 5.11 Å². The lowest BCUT2D eigenvalue weighted by molar-refractivity contribution is 0.0873. The molecule has 0 aromatic carbocycles. The van der Waals surface area contributed by atoms with E-state index in [1.54, 1.807) is 4.68 Å². The Hall–Kier alpha value is -0.870. The lowest BCUT2D eigenvalue weighted by atomic mass is 9.95. The van der Waals surface area contributed by atoms with Gasteiger partial charge in [0.05, 0.1) is 12.3 Å². The van der Waals surface area contributed by atoms with Crippen LogP contribution in [0.1, 0.15) is 45.7 Å². The maximum absolute atomic E-state index is 9.69. The summed E-state index contributed by atoms with van der Waals surface area (Å²) in [5, 5.41) is 17.3. The molecule has 0 aliphatic heterocycles. The van der Waals surface area contributed by atoms with Gasteiger partial charge in [0.25, 0.3) is 0 Å². The Labute approximate surface area is 97.7 Å². The van der Waals surface area contributed by atoms with Gasteiger partial charge < -0.3 is 10.4 Å². The highest BCUT2D eigenvalue weighted by Crippen LogP contribution is 2.21. The zero-order valence-electron chi connectivity index (χ0n) is 10.9. The summed E-state index contributed by atoms with van der Waals surface area (Å²) in [6.07, 6.45) is 4.47. The molecule has 0 spiro atoms. The number of nitrogens with zero attached hydrogens (tertiary/aromatic N) is 2. The fourth-order valence-corrected chi connectivity index (χ4v) is 1.61. The third kappa shape index (κ3) is 3.06. The van der Waals surface area contributed by atoms with E-state index < -0.39 is 6.10 Å². The van der Waals surface area contributed by atoms with Gasteiger partial charge in [0.2, 0.25) is 0 Å². The van der Waals surface area contributed by atoms with Crippen LogP contribution in [0.4, 0.5) is 0 Å². The molecule has 1 aromatic heterocycles. The average Bonchev–Trinajstić information content (AvgIpc) is 2.61. The van der Waals surface area contributed by atoms with E-state index in [2.05, 4.69) is 17.3 Å². The van der Waals surface area contributed by atoms with Crippen LogP contribution in [-0.2, 0) is 7.05 Å². The molecule has 0 fully saturated rings. The first-order valence-corrected chi connectivity index (χ1v) is 5.81. The van der Waals surface area contributed by atoms with Crippen molar-refractivity contribution in [1.29, 1.82) is 0 Å². The number of aromatic nitrogens is 2. The SMILES string of the molecule is CCC(NC(C)(C)C(C)O)c1cnn(C)c1. The van der Waals surface area contributed by atoms with E-state index >= 15 is 0 Å². The summed E-state index contributed by atoms with van der Waals surface area (Å²) in [5.74, 6) is 0. The average molecular weight is 225 g/mol. The summed E-state index contributed by atoms with van der Waals surface area (Å²) in [4.78, 5) is 0. The van der Waals surface area contributed by atoms with Crippen molar-refractivity contribution < 1.29 is 5.11 Å². The Bertz CT molecular complexity index is 331. The van der Waals surface area contributed by atoms with Crippen molar-refractivity contribution in [3.05, 3.63) is 18.0 Å². The van der Waals surface area contributed by atoms with Crippen LogP contribution in [0, 0.1) is 0 Å². The molecule has 2 atom stereocenters. The predicted molar refractivity (Wildman–Crippen MR) is 65.1 cm³/mol. The van der Waals surface area contributed by atoms with Crippen LogP contribution in [-0.4, -0.2) is 26.5 Å². The van der Waals surface area contributed by atoms with Gasteiger partial charge in [-0.2, -0.15) is 5.10 Å². The molecule has 1 aromatic rings. The van der Waals surface area contributed by atoms with E-state index in [0.29, 0.717) is 0 Å². The third-order valence-corrected chi connectivity index (χ3v) is 3.13. The van der Waals surface area contributed by atoms with Gasteiger partial charge in [-0.05, 0) is 27.2 Å². The summed E-state index contributed by atoms with van der Waals surface area (Å²) >= 11 is 0. The second-order valence-electron chi connectivity index (χ2n) is 4.95. The molecule has 2 N–H and O–H groups in total. The highest BCUT2D eigenvalue weighted by Gasteiger charge is 2.27. The molecule has 1 heterocycles. The van der Waals surface area contributed by atoms with Crippen molar-refractivity contribution in [2.45, 2.75) is 51.8 Å². The Morgan fingerprint density at radius 1 is 1.56 bits per heavy atom. The Morgan fingerprint density at radius 2 is 2.19 bits per heavy atom. The summed E-state index contributed by atoms with van der Waals surface area (Å²) in [6.45, 7) is 7.96. The molecule has 92 valence electrons. The van der Waals surface area contributed by atoms with Crippen LogP contribution in [0.15, 0.2) is 12.4 Å². The molecule has 0 aliphatic carbocycles. The van der Waals surface area contributed by atoms with Gasteiger partial charge in [-0.15, -0.1) is 0 Å². The molecule has 1 rings (SSSR count). The molecule has 0 amide bonds.